The summed E-state index contributed by atoms with van der Waals surface area (Å²) in [5.41, 5.74) is 0.863. The number of ether oxygens (including phenoxy) is 2. The molecule has 7 heteroatoms. The Morgan fingerprint density at radius 1 is 1.39 bits per heavy atom. The number of hydrogen-bond acceptors (Lipinski definition) is 4. The van der Waals surface area contributed by atoms with Gasteiger partial charge in [0, 0.05) is 20.2 Å². The Bertz CT molecular complexity index is 553. The molecule has 0 radical (unpaired) electrons. The van der Waals surface area contributed by atoms with Crippen LogP contribution in [0.1, 0.15) is 13.3 Å². The van der Waals surface area contributed by atoms with Gasteiger partial charge in [0.2, 0.25) is 0 Å². The summed E-state index contributed by atoms with van der Waals surface area (Å²) in [5.74, 6) is 0.539. The first kappa shape index (κ1) is 17.5. The number of hydrogen-bond donors (Lipinski definition) is 2. The van der Waals surface area contributed by atoms with Gasteiger partial charge in [0.25, 0.3) is 5.91 Å². The maximum Gasteiger partial charge on any atom is 0.262 e. The topological polar surface area (TPSA) is 62.8 Å². The molecule has 1 atom stereocenters. The van der Waals surface area contributed by atoms with Gasteiger partial charge in [0.15, 0.2) is 11.2 Å². The highest BCUT2D eigenvalue weighted by molar-refractivity contribution is 7.80. The summed E-state index contributed by atoms with van der Waals surface area (Å²) in [4.78, 5) is 14.2. The molecule has 2 rings (SSSR count). The fourth-order valence-corrected chi connectivity index (χ4v) is 2.56. The lowest BCUT2D eigenvalue weighted by Crippen LogP contribution is -2.53. The molecular weight excluding hydrogens is 314 g/mol. The van der Waals surface area contributed by atoms with Crippen LogP contribution >= 0.6 is 12.2 Å². The Labute approximate surface area is 142 Å². The molecule has 0 fully saturated rings. The summed E-state index contributed by atoms with van der Waals surface area (Å²) < 4.78 is 10.9. The van der Waals surface area contributed by atoms with Crippen molar-refractivity contribution in [1.82, 2.24) is 10.6 Å². The molecule has 1 aromatic rings. The number of thiocarbonyl (C=S) groups is 1. The number of fused-ring (bicyclic) bond motifs is 1. The molecule has 1 amide bonds. The fraction of sp³-hybridized carbons (Fsp3) is 0.500. The Morgan fingerprint density at radius 3 is 2.91 bits per heavy atom. The minimum absolute atomic E-state index is 0.119. The summed E-state index contributed by atoms with van der Waals surface area (Å²) in [6.45, 7) is 4.20. The van der Waals surface area contributed by atoms with Crippen molar-refractivity contribution in [2.24, 2.45) is 0 Å². The zero-order valence-electron chi connectivity index (χ0n) is 13.5. The smallest absolute Gasteiger partial charge is 0.262 e. The number of benzene rings is 1. The molecule has 0 spiro atoms. The standard InChI is InChI=1S/C16H23N3O3S/c1-3-8-17-15(20)14-11-19(16(23)18-9-10-21-2)12-6-4-5-7-13(12)22-14/h4-7,14H,3,8-11H2,1-2H3,(H,17,20)(H,18,23)/t14-/m0/s1. The number of nitrogens with one attached hydrogen (secondary N) is 2. The van der Waals surface area contributed by atoms with E-state index in [1.165, 1.54) is 0 Å². The van der Waals surface area contributed by atoms with Gasteiger partial charge in [-0.3, -0.25) is 4.79 Å². The number of carbonyl (C=O) groups is 1. The Balaban J connectivity index is 2.12. The monoisotopic (exact) mass is 337 g/mol. The fourth-order valence-electron chi connectivity index (χ4n) is 2.28. The third-order valence-electron chi connectivity index (χ3n) is 3.44. The zero-order valence-corrected chi connectivity index (χ0v) is 14.3. The van der Waals surface area contributed by atoms with Gasteiger partial charge in [-0.15, -0.1) is 0 Å². The van der Waals surface area contributed by atoms with Gasteiger partial charge in [0.05, 0.1) is 18.8 Å². The molecule has 1 aliphatic rings. The number of rotatable bonds is 6. The van der Waals surface area contributed by atoms with E-state index in [0.29, 0.717) is 37.1 Å². The molecule has 2 N–H and O–H groups in total. The highest BCUT2D eigenvalue weighted by atomic mass is 32.1. The maximum atomic E-state index is 12.2. The average Bonchev–Trinajstić information content (AvgIpc) is 2.58. The summed E-state index contributed by atoms with van der Waals surface area (Å²) in [5, 5.41) is 6.57. The first-order chi connectivity index (χ1) is 11.2. The summed E-state index contributed by atoms with van der Waals surface area (Å²) >= 11 is 5.46. The molecule has 1 heterocycles. The predicted molar refractivity (Wildman–Crippen MR) is 94.0 cm³/mol. The van der Waals surface area contributed by atoms with Crippen LogP contribution in [0, 0.1) is 0 Å². The van der Waals surface area contributed by atoms with Crippen molar-refractivity contribution in [2.45, 2.75) is 19.4 Å². The van der Waals surface area contributed by atoms with E-state index in [1.54, 1.807) is 7.11 Å². The maximum absolute atomic E-state index is 12.2. The largest absolute Gasteiger partial charge is 0.477 e. The van der Waals surface area contributed by atoms with Crippen LogP contribution in [0.2, 0.25) is 0 Å². The van der Waals surface area contributed by atoms with E-state index in [4.69, 9.17) is 21.7 Å². The van der Waals surface area contributed by atoms with E-state index < -0.39 is 6.10 Å². The summed E-state index contributed by atoms with van der Waals surface area (Å²) in [7, 11) is 1.64. The van der Waals surface area contributed by atoms with Crippen molar-refractivity contribution < 1.29 is 14.3 Å². The van der Waals surface area contributed by atoms with Crippen LogP contribution < -0.4 is 20.3 Å². The van der Waals surface area contributed by atoms with E-state index in [1.807, 2.05) is 36.1 Å². The van der Waals surface area contributed by atoms with E-state index >= 15 is 0 Å². The van der Waals surface area contributed by atoms with Crippen molar-refractivity contribution in [2.75, 3.05) is 38.3 Å². The quantitative estimate of drug-likeness (QED) is 0.603. The van der Waals surface area contributed by atoms with Crippen LogP contribution in [0.15, 0.2) is 24.3 Å². The number of para-hydroxylation sites is 2. The van der Waals surface area contributed by atoms with E-state index in [0.717, 1.165) is 12.1 Å². The molecule has 0 aliphatic carbocycles. The van der Waals surface area contributed by atoms with Crippen LogP contribution in [0.3, 0.4) is 0 Å². The summed E-state index contributed by atoms with van der Waals surface area (Å²) in [6, 6.07) is 7.58. The third kappa shape index (κ3) is 4.56. The number of anilines is 1. The molecule has 23 heavy (non-hydrogen) atoms. The molecule has 0 saturated heterocycles. The first-order valence-electron chi connectivity index (χ1n) is 7.75. The molecule has 1 aliphatic heterocycles. The van der Waals surface area contributed by atoms with Gasteiger partial charge in [-0.1, -0.05) is 19.1 Å². The third-order valence-corrected chi connectivity index (χ3v) is 3.81. The lowest BCUT2D eigenvalue weighted by molar-refractivity contribution is -0.127. The minimum Gasteiger partial charge on any atom is -0.477 e. The highest BCUT2D eigenvalue weighted by Crippen LogP contribution is 2.33. The summed E-state index contributed by atoms with van der Waals surface area (Å²) in [6.07, 6.45) is 0.300. The van der Waals surface area contributed by atoms with E-state index in [2.05, 4.69) is 10.6 Å². The van der Waals surface area contributed by atoms with Crippen molar-refractivity contribution >= 4 is 28.9 Å². The van der Waals surface area contributed by atoms with Crippen LogP contribution in [-0.2, 0) is 9.53 Å². The number of amides is 1. The van der Waals surface area contributed by atoms with Gasteiger partial charge in [-0.25, -0.2) is 0 Å². The van der Waals surface area contributed by atoms with Gasteiger partial charge in [-0.2, -0.15) is 0 Å². The molecule has 0 aromatic heterocycles. The van der Waals surface area contributed by atoms with Crippen molar-refractivity contribution in [3.05, 3.63) is 24.3 Å². The SMILES string of the molecule is CCCNC(=O)[C@@H]1CN(C(=S)NCCOC)c2ccccc2O1. The van der Waals surface area contributed by atoms with Gasteiger partial charge in [0.1, 0.15) is 5.75 Å². The van der Waals surface area contributed by atoms with Crippen molar-refractivity contribution in [1.29, 1.82) is 0 Å². The lowest BCUT2D eigenvalue weighted by Gasteiger charge is -2.35. The predicted octanol–water partition coefficient (Wildman–Crippen LogP) is 1.30. The Kier molecular flexibility index (Phi) is 6.61. The first-order valence-corrected chi connectivity index (χ1v) is 8.16. The normalized spacial score (nSPS) is 16.3. The second-order valence-electron chi connectivity index (χ2n) is 5.20. The van der Waals surface area contributed by atoms with Crippen molar-refractivity contribution in [3.63, 3.8) is 0 Å². The second-order valence-corrected chi connectivity index (χ2v) is 5.59. The number of methoxy groups -OCH3 is 1. The van der Waals surface area contributed by atoms with Crippen molar-refractivity contribution in [3.8, 4) is 5.75 Å². The average molecular weight is 337 g/mol. The lowest BCUT2D eigenvalue weighted by atomic mass is 10.2. The Hall–Kier alpha value is -1.86. The molecule has 0 unspecified atom stereocenters. The van der Waals surface area contributed by atoms with Gasteiger partial charge in [-0.05, 0) is 30.8 Å². The highest BCUT2D eigenvalue weighted by Gasteiger charge is 2.32. The molecule has 0 saturated carbocycles. The van der Waals surface area contributed by atoms with Crippen LogP contribution in [-0.4, -0.2) is 50.5 Å². The molecule has 1 aromatic carbocycles. The number of carbonyl (C=O) groups excluding carboxylic acids is 1. The van der Waals surface area contributed by atoms with Gasteiger partial charge >= 0.3 is 0 Å². The van der Waals surface area contributed by atoms with E-state index in [-0.39, 0.29) is 5.91 Å². The van der Waals surface area contributed by atoms with Crippen LogP contribution in [0.25, 0.3) is 0 Å². The Morgan fingerprint density at radius 2 is 2.17 bits per heavy atom. The zero-order chi connectivity index (χ0) is 16.7. The molecular formula is C16H23N3O3S. The second kappa shape index (κ2) is 8.69. The molecule has 6 nitrogen and oxygen atoms in total. The molecule has 0 bridgehead atoms. The van der Waals surface area contributed by atoms with Crippen LogP contribution in [0.5, 0.6) is 5.75 Å². The van der Waals surface area contributed by atoms with E-state index in [9.17, 15) is 4.79 Å². The number of nitrogens with zero attached hydrogens (tertiary/aromatic N) is 1. The van der Waals surface area contributed by atoms with Crippen LogP contribution in [0.4, 0.5) is 5.69 Å². The minimum atomic E-state index is -0.585. The molecule has 126 valence electrons. The van der Waals surface area contributed by atoms with Gasteiger partial charge < -0.3 is 25.0 Å².